The third-order valence-electron chi connectivity index (χ3n) is 3.71. The molecule has 1 heterocycles. The summed E-state index contributed by atoms with van der Waals surface area (Å²) in [6.07, 6.45) is 0. The van der Waals surface area contributed by atoms with Crippen molar-refractivity contribution in [2.24, 2.45) is 0 Å². The van der Waals surface area contributed by atoms with Gasteiger partial charge in [-0.2, -0.15) is 0 Å². The predicted octanol–water partition coefficient (Wildman–Crippen LogP) is 4.04. The second kappa shape index (κ2) is 7.53. The van der Waals surface area contributed by atoms with E-state index in [1.165, 1.54) is 12.1 Å². The summed E-state index contributed by atoms with van der Waals surface area (Å²) >= 11 is 0. The second-order valence-corrected chi connectivity index (χ2v) is 7.25. The van der Waals surface area contributed by atoms with Crippen molar-refractivity contribution in [3.8, 4) is 0 Å². The highest BCUT2D eigenvalue weighted by atomic mass is 32.2. The van der Waals surface area contributed by atoms with E-state index < -0.39 is 10.8 Å². The lowest BCUT2D eigenvalue weighted by Crippen LogP contribution is -2.12. The summed E-state index contributed by atoms with van der Waals surface area (Å²) < 4.78 is 25.7. The fourth-order valence-corrected chi connectivity index (χ4v) is 3.65. The Bertz CT molecular complexity index is 868. The van der Waals surface area contributed by atoms with Crippen LogP contribution in [0.15, 0.2) is 54.6 Å². The fourth-order valence-electron chi connectivity index (χ4n) is 2.61. The first-order chi connectivity index (χ1) is 11.6. The quantitative estimate of drug-likeness (QED) is 0.735. The standard InChI is InChI=1S/C19H19FN2OS/c1-14-11-19(17-12-16(20)7-8-18(17)22-14)21-9-10-24(23)13-15-5-3-2-4-6-15/h2-8,11-12H,9-10,13H2,1H3,(H,21,22). The lowest BCUT2D eigenvalue weighted by Gasteiger charge is -2.11. The van der Waals surface area contributed by atoms with Crippen molar-refractivity contribution in [1.82, 2.24) is 4.98 Å². The number of fused-ring (bicyclic) bond motifs is 1. The summed E-state index contributed by atoms with van der Waals surface area (Å²) in [5.74, 6) is 0.796. The molecule has 0 aliphatic heterocycles. The number of benzene rings is 2. The van der Waals surface area contributed by atoms with E-state index in [0.29, 0.717) is 18.1 Å². The number of rotatable bonds is 6. The Morgan fingerprint density at radius 2 is 1.92 bits per heavy atom. The van der Waals surface area contributed by atoms with E-state index in [0.717, 1.165) is 27.8 Å². The van der Waals surface area contributed by atoms with E-state index in [4.69, 9.17) is 0 Å². The van der Waals surface area contributed by atoms with Crippen LogP contribution in [0.3, 0.4) is 0 Å². The zero-order valence-corrected chi connectivity index (χ0v) is 14.3. The van der Waals surface area contributed by atoms with Gasteiger partial charge >= 0.3 is 0 Å². The minimum atomic E-state index is -0.940. The van der Waals surface area contributed by atoms with Crippen LogP contribution >= 0.6 is 0 Å². The predicted molar refractivity (Wildman–Crippen MR) is 98.1 cm³/mol. The average molecular weight is 342 g/mol. The van der Waals surface area contributed by atoms with Crippen molar-refractivity contribution in [3.05, 3.63) is 71.7 Å². The first kappa shape index (κ1) is 16.6. The molecule has 0 spiro atoms. The first-order valence-electron chi connectivity index (χ1n) is 7.81. The van der Waals surface area contributed by atoms with Crippen LogP contribution in [0.25, 0.3) is 10.9 Å². The smallest absolute Gasteiger partial charge is 0.124 e. The Morgan fingerprint density at radius 1 is 1.12 bits per heavy atom. The summed E-state index contributed by atoms with van der Waals surface area (Å²) in [4.78, 5) is 4.41. The molecular weight excluding hydrogens is 323 g/mol. The molecule has 0 amide bonds. The van der Waals surface area contributed by atoms with Crippen molar-refractivity contribution in [2.75, 3.05) is 17.6 Å². The van der Waals surface area contributed by atoms with Gasteiger partial charge in [0.2, 0.25) is 0 Å². The first-order valence-corrected chi connectivity index (χ1v) is 9.30. The summed E-state index contributed by atoms with van der Waals surface area (Å²) in [6.45, 7) is 2.47. The number of hydrogen-bond acceptors (Lipinski definition) is 3. The largest absolute Gasteiger partial charge is 0.384 e. The highest BCUT2D eigenvalue weighted by Crippen LogP contribution is 2.24. The van der Waals surface area contributed by atoms with E-state index in [9.17, 15) is 8.60 Å². The van der Waals surface area contributed by atoms with E-state index in [1.807, 2.05) is 43.3 Å². The molecular formula is C19H19FN2OS. The highest BCUT2D eigenvalue weighted by Gasteiger charge is 2.07. The lowest BCUT2D eigenvalue weighted by atomic mass is 10.1. The third kappa shape index (κ3) is 4.17. The molecule has 1 N–H and O–H groups in total. The Morgan fingerprint density at radius 3 is 2.71 bits per heavy atom. The molecule has 0 saturated carbocycles. The van der Waals surface area contributed by atoms with Gasteiger partial charge in [-0.1, -0.05) is 30.3 Å². The Hall–Kier alpha value is -2.27. The number of hydrogen-bond donors (Lipinski definition) is 1. The summed E-state index contributed by atoms with van der Waals surface area (Å²) in [6, 6.07) is 16.3. The molecule has 0 aliphatic carbocycles. The van der Waals surface area contributed by atoms with Crippen LogP contribution in [-0.4, -0.2) is 21.5 Å². The molecule has 3 nitrogen and oxygen atoms in total. The topological polar surface area (TPSA) is 42.0 Å². The fraction of sp³-hybridized carbons (Fsp3) is 0.211. The molecule has 5 heteroatoms. The van der Waals surface area contributed by atoms with Crippen LogP contribution in [0.2, 0.25) is 0 Å². The highest BCUT2D eigenvalue weighted by molar-refractivity contribution is 7.84. The molecule has 3 aromatic rings. The van der Waals surface area contributed by atoms with Crippen LogP contribution in [-0.2, 0) is 16.6 Å². The molecule has 1 atom stereocenters. The summed E-state index contributed by atoms with van der Waals surface area (Å²) in [5, 5.41) is 4.02. The number of aromatic nitrogens is 1. The normalized spacial score (nSPS) is 12.2. The van der Waals surface area contributed by atoms with Gasteiger partial charge in [0.25, 0.3) is 0 Å². The number of halogens is 1. The molecule has 0 fully saturated rings. The zero-order chi connectivity index (χ0) is 16.9. The Balaban J connectivity index is 1.65. The van der Waals surface area contributed by atoms with E-state index in [2.05, 4.69) is 10.3 Å². The molecule has 3 rings (SSSR count). The van der Waals surface area contributed by atoms with Crippen molar-refractivity contribution < 1.29 is 8.60 Å². The van der Waals surface area contributed by atoms with Crippen LogP contribution in [0, 0.1) is 12.7 Å². The van der Waals surface area contributed by atoms with Gasteiger partial charge in [0, 0.05) is 45.6 Å². The van der Waals surface area contributed by atoms with Crippen molar-refractivity contribution in [3.63, 3.8) is 0 Å². The summed E-state index contributed by atoms with van der Waals surface area (Å²) in [5.41, 5.74) is 3.52. The van der Waals surface area contributed by atoms with Crippen molar-refractivity contribution in [2.45, 2.75) is 12.7 Å². The second-order valence-electron chi connectivity index (χ2n) is 5.67. The number of aryl methyl sites for hydroxylation is 1. The van der Waals surface area contributed by atoms with Crippen LogP contribution in [0.4, 0.5) is 10.1 Å². The van der Waals surface area contributed by atoms with E-state index in [1.54, 1.807) is 6.07 Å². The van der Waals surface area contributed by atoms with Gasteiger partial charge < -0.3 is 5.32 Å². The molecule has 24 heavy (non-hydrogen) atoms. The van der Waals surface area contributed by atoms with Gasteiger partial charge in [-0.25, -0.2) is 4.39 Å². The van der Waals surface area contributed by atoms with Crippen molar-refractivity contribution in [1.29, 1.82) is 0 Å². The van der Waals surface area contributed by atoms with Gasteiger partial charge in [-0.05, 0) is 36.8 Å². The Kier molecular flexibility index (Phi) is 5.20. The molecule has 2 aromatic carbocycles. The molecule has 1 aromatic heterocycles. The van der Waals surface area contributed by atoms with Gasteiger partial charge in [0.15, 0.2) is 0 Å². The lowest BCUT2D eigenvalue weighted by molar-refractivity contribution is 0.629. The van der Waals surface area contributed by atoms with Crippen molar-refractivity contribution >= 4 is 27.4 Å². The average Bonchev–Trinajstić information content (AvgIpc) is 2.56. The minimum absolute atomic E-state index is 0.288. The minimum Gasteiger partial charge on any atom is -0.384 e. The summed E-state index contributed by atoms with van der Waals surface area (Å²) in [7, 11) is -0.940. The third-order valence-corrected chi connectivity index (χ3v) is 5.03. The monoisotopic (exact) mass is 342 g/mol. The number of pyridine rings is 1. The van der Waals surface area contributed by atoms with Crippen LogP contribution in [0.1, 0.15) is 11.3 Å². The molecule has 0 radical (unpaired) electrons. The van der Waals surface area contributed by atoms with E-state index in [-0.39, 0.29) is 5.82 Å². The maximum absolute atomic E-state index is 13.5. The van der Waals surface area contributed by atoms with Gasteiger partial charge in [0.1, 0.15) is 5.82 Å². The van der Waals surface area contributed by atoms with Crippen LogP contribution in [0.5, 0.6) is 0 Å². The maximum atomic E-state index is 13.5. The number of nitrogens with one attached hydrogen (secondary N) is 1. The van der Waals surface area contributed by atoms with Gasteiger partial charge in [-0.15, -0.1) is 0 Å². The number of anilines is 1. The molecule has 0 aliphatic rings. The van der Waals surface area contributed by atoms with Gasteiger partial charge in [-0.3, -0.25) is 9.19 Å². The maximum Gasteiger partial charge on any atom is 0.124 e. The van der Waals surface area contributed by atoms with Gasteiger partial charge in [0.05, 0.1) is 5.52 Å². The SMILES string of the molecule is Cc1cc(NCCS(=O)Cc2ccccc2)c2cc(F)ccc2n1. The number of nitrogens with zero attached hydrogens (tertiary/aromatic N) is 1. The molecule has 124 valence electrons. The molecule has 0 bridgehead atoms. The zero-order valence-electron chi connectivity index (χ0n) is 13.5. The van der Waals surface area contributed by atoms with Crippen LogP contribution < -0.4 is 5.32 Å². The Labute approximate surface area is 143 Å². The molecule has 0 saturated heterocycles. The van der Waals surface area contributed by atoms with E-state index >= 15 is 0 Å². The molecule has 1 unspecified atom stereocenters.